The summed E-state index contributed by atoms with van der Waals surface area (Å²) in [6.45, 7) is 3.45. The molecule has 0 aliphatic carbocycles. The summed E-state index contributed by atoms with van der Waals surface area (Å²) >= 11 is 3.67. The number of likely N-dealkylation sites (N-methyl/N-ethyl adjacent to an activating group) is 1. The molecule has 1 saturated heterocycles. The fraction of sp³-hybridized carbons (Fsp3) is 0.538. The average Bonchev–Trinajstić information content (AvgIpc) is 2.80. The van der Waals surface area contributed by atoms with Gasteiger partial charge in [-0.15, -0.1) is 0 Å². The van der Waals surface area contributed by atoms with E-state index in [1.807, 2.05) is 7.05 Å². The molecule has 2 nitrogen and oxygen atoms in total. The van der Waals surface area contributed by atoms with Gasteiger partial charge in [-0.2, -0.15) is 0 Å². The van der Waals surface area contributed by atoms with Crippen molar-refractivity contribution in [1.82, 2.24) is 5.32 Å². The second-order valence-corrected chi connectivity index (χ2v) is 5.14. The first-order valence-electron chi connectivity index (χ1n) is 6.00. The lowest BCUT2D eigenvalue weighted by Crippen LogP contribution is -2.21. The molecule has 0 spiro atoms. The molecule has 0 saturated carbocycles. The zero-order chi connectivity index (χ0) is 11.4. The van der Waals surface area contributed by atoms with Crippen molar-refractivity contribution in [2.45, 2.75) is 19.3 Å². The quantitative estimate of drug-likeness (QED) is 0.914. The van der Waals surface area contributed by atoms with Crippen LogP contribution in [0.25, 0.3) is 0 Å². The van der Waals surface area contributed by atoms with Gasteiger partial charge < -0.3 is 10.2 Å². The van der Waals surface area contributed by atoms with Crippen LogP contribution in [-0.2, 0) is 6.42 Å². The average molecular weight is 283 g/mol. The predicted octanol–water partition coefficient (Wildman–Crippen LogP) is 2.81. The van der Waals surface area contributed by atoms with Crippen LogP contribution in [0.2, 0.25) is 0 Å². The Morgan fingerprint density at radius 2 is 2.06 bits per heavy atom. The molecule has 1 aliphatic heterocycles. The SMILES string of the molecule is CNCCc1c(Br)cccc1N1CCCC1. The number of nitrogens with zero attached hydrogens (tertiary/aromatic N) is 1. The first kappa shape index (κ1) is 11.9. The van der Waals surface area contributed by atoms with Crippen molar-refractivity contribution >= 4 is 21.6 Å². The lowest BCUT2D eigenvalue weighted by Gasteiger charge is -2.22. The highest BCUT2D eigenvalue weighted by Gasteiger charge is 2.16. The summed E-state index contributed by atoms with van der Waals surface area (Å²) in [5.41, 5.74) is 2.86. The van der Waals surface area contributed by atoms with Gasteiger partial charge in [-0.1, -0.05) is 22.0 Å². The van der Waals surface area contributed by atoms with E-state index in [2.05, 4.69) is 44.3 Å². The zero-order valence-corrected chi connectivity index (χ0v) is 11.4. The third-order valence-electron chi connectivity index (χ3n) is 3.17. The van der Waals surface area contributed by atoms with Crippen LogP contribution in [0.1, 0.15) is 18.4 Å². The Hall–Kier alpha value is -0.540. The van der Waals surface area contributed by atoms with E-state index >= 15 is 0 Å². The third kappa shape index (κ3) is 2.58. The molecule has 3 heteroatoms. The van der Waals surface area contributed by atoms with Gasteiger partial charge >= 0.3 is 0 Å². The van der Waals surface area contributed by atoms with E-state index in [9.17, 15) is 0 Å². The van der Waals surface area contributed by atoms with Crippen molar-refractivity contribution in [3.05, 3.63) is 28.2 Å². The number of hydrogen-bond acceptors (Lipinski definition) is 2. The molecule has 1 aromatic rings. The van der Waals surface area contributed by atoms with Gasteiger partial charge in [0.05, 0.1) is 0 Å². The maximum Gasteiger partial charge on any atom is 0.0410 e. The smallest absolute Gasteiger partial charge is 0.0410 e. The lowest BCUT2D eigenvalue weighted by atomic mass is 10.1. The Bertz CT molecular complexity index is 346. The van der Waals surface area contributed by atoms with Gasteiger partial charge in [-0.3, -0.25) is 0 Å². The summed E-state index contributed by atoms with van der Waals surface area (Å²) in [6, 6.07) is 6.53. The van der Waals surface area contributed by atoms with Crippen LogP contribution in [-0.4, -0.2) is 26.7 Å². The molecule has 1 aliphatic rings. The highest BCUT2D eigenvalue weighted by Crippen LogP contribution is 2.30. The van der Waals surface area contributed by atoms with Crippen LogP contribution in [0.15, 0.2) is 22.7 Å². The van der Waals surface area contributed by atoms with Gasteiger partial charge in [0.1, 0.15) is 0 Å². The minimum atomic E-state index is 1.03. The number of halogens is 1. The second-order valence-electron chi connectivity index (χ2n) is 4.29. The number of hydrogen-bond donors (Lipinski definition) is 1. The summed E-state index contributed by atoms with van der Waals surface area (Å²) in [5, 5.41) is 3.22. The van der Waals surface area contributed by atoms with Gasteiger partial charge in [0.25, 0.3) is 0 Å². The van der Waals surface area contributed by atoms with Gasteiger partial charge in [-0.05, 0) is 50.6 Å². The fourth-order valence-electron chi connectivity index (χ4n) is 2.30. The number of rotatable bonds is 4. The molecule has 0 radical (unpaired) electrons. The molecule has 1 N–H and O–H groups in total. The van der Waals surface area contributed by atoms with E-state index in [4.69, 9.17) is 0 Å². The third-order valence-corrected chi connectivity index (χ3v) is 3.91. The number of anilines is 1. The molecule has 1 fully saturated rings. The Morgan fingerprint density at radius 3 is 2.75 bits per heavy atom. The number of nitrogens with one attached hydrogen (secondary N) is 1. The monoisotopic (exact) mass is 282 g/mol. The Labute approximate surface area is 106 Å². The molecule has 0 amide bonds. The Morgan fingerprint density at radius 1 is 1.31 bits per heavy atom. The van der Waals surface area contributed by atoms with E-state index in [0.717, 1.165) is 13.0 Å². The summed E-state index contributed by atoms with van der Waals surface area (Å²) in [7, 11) is 2.01. The molecular formula is C13H19BrN2. The zero-order valence-electron chi connectivity index (χ0n) is 9.80. The molecule has 88 valence electrons. The molecular weight excluding hydrogens is 264 g/mol. The summed E-state index contributed by atoms with van der Waals surface area (Å²) in [5.74, 6) is 0. The summed E-state index contributed by atoms with van der Waals surface area (Å²) < 4.78 is 1.24. The van der Waals surface area contributed by atoms with Crippen molar-refractivity contribution in [3.8, 4) is 0 Å². The summed E-state index contributed by atoms with van der Waals surface area (Å²) in [4.78, 5) is 2.51. The maximum atomic E-state index is 3.67. The molecule has 2 rings (SSSR count). The van der Waals surface area contributed by atoms with Crippen LogP contribution in [0.4, 0.5) is 5.69 Å². The van der Waals surface area contributed by atoms with E-state index in [1.54, 1.807) is 0 Å². The maximum absolute atomic E-state index is 3.67. The van der Waals surface area contributed by atoms with Crippen LogP contribution in [0, 0.1) is 0 Å². The Balaban J connectivity index is 2.24. The normalized spacial score (nSPS) is 15.8. The lowest BCUT2D eigenvalue weighted by molar-refractivity contribution is 0.785. The van der Waals surface area contributed by atoms with E-state index in [1.165, 1.54) is 41.7 Å². The predicted molar refractivity (Wildman–Crippen MR) is 73.2 cm³/mol. The van der Waals surface area contributed by atoms with Crippen LogP contribution < -0.4 is 10.2 Å². The molecule has 1 heterocycles. The van der Waals surface area contributed by atoms with Gasteiger partial charge in [0, 0.05) is 23.2 Å². The van der Waals surface area contributed by atoms with Crippen molar-refractivity contribution in [2.75, 3.05) is 31.6 Å². The molecule has 1 aromatic carbocycles. The molecule has 16 heavy (non-hydrogen) atoms. The van der Waals surface area contributed by atoms with Crippen molar-refractivity contribution in [2.24, 2.45) is 0 Å². The van der Waals surface area contributed by atoms with Crippen LogP contribution >= 0.6 is 15.9 Å². The molecule has 0 aromatic heterocycles. The Kier molecular flexibility index (Phi) is 4.24. The molecule has 0 unspecified atom stereocenters. The van der Waals surface area contributed by atoms with Gasteiger partial charge in [-0.25, -0.2) is 0 Å². The van der Waals surface area contributed by atoms with Crippen LogP contribution in [0.3, 0.4) is 0 Å². The minimum absolute atomic E-state index is 1.03. The van der Waals surface area contributed by atoms with Gasteiger partial charge in [0.15, 0.2) is 0 Å². The fourth-order valence-corrected chi connectivity index (χ4v) is 2.85. The largest absolute Gasteiger partial charge is 0.371 e. The summed E-state index contributed by atoms with van der Waals surface area (Å²) in [6.07, 6.45) is 3.75. The number of benzene rings is 1. The highest BCUT2D eigenvalue weighted by molar-refractivity contribution is 9.10. The first-order valence-corrected chi connectivity index (χ1v) is 6.79. The van der Waals surface area contributed by atoms with Crippen molar-refractivity contribution in [1.29, 1.82) is 0 Å². The standard InChI is InChI=1S/C13H19BrN2/c1-15-8-7-11-12(14)5-4-6-13(11)16-9-2-3-10-16/h4-6,15H,2-3,7-10H2,1H3. The molecule has 0 atom stereocenters. The minimum Gasteiger partial charge on any atom is -0.371 e. The second kappa shape index (κ2) is 5.69. The first-order chi connectivity index (χ1) is 7.83. The highest BCUT2D eigenvalue weighted by atomic mass is 79.9. The van der Waals surface area contributed by atoms with Crippen molar-refractivity contribution in [3.63, 3.8) is 0 Å². The topological polar surface area (TPSA) is 15.3 Å². The van der Waals surface area contributed by atoms with E-state index in [-0.39, 0.29) is 0 Å². The van der Waals surface area contributed by atoms with Crippen molar-refractivity contribution < 1.29 is 0 Å². The van der Waals surface area contributed by atoms with Gasteiger partial charge in [0.2, 0.25) is 0 Å². The molecule has 0 bridgehead atoms. The van der Waals surface area contributed by atoms with Crippen LogP contribution in [0.5, 0.6) is 0 Å². The van der Waals surface area contributed by atoms with E-state index in [0.29, 0.717) is 0 Å². The van der Waals surface area contributed by atoms with E-state index < -0.39 is 0 Å².